The summed E-state index contributed by atoms with van der Waals surface area (Å²) in [7, 11) is 1.64. The van der Waals surface area contributed by atoms with Gasteiger partial charge in [0, 0.05) is 5.02 Å². The summed E-state index contributed by atoms with van der Waals surface area (Å²) >= 11 is 6.01. The molecule has 3 heteroatoms. The Morgan fingerprint density at radius 1 is 1.44 bits per heavy atom. The second kappa shape index (κ2) is 4.76. The van der Waals surface area contributed by atoms with Gasteiger partial charge in [-0.1, -0.05) is 11.6 Å². The van der Waals surface area contributed by atoms with Gasteiger partial charge >= 0.3 is 0 Å². The number of rotatable bonds is 3. The van der Waals surface area contributed by atoms with Crippen LogP contribution in [0.15, 0.2) is 12.1 Å². The number of halogens is 1. The standard InChI is InChI=1S/C13H16ClNO/c1-9-5-11(14)6-10(12(9)16-4)7-13(2,3)8-15/h5-6H,7H2,1-4H3. The van der Waals surface area contributed by atoms with E-state index in [1.54, 1.807) is 7.11 Å². The Kier molecular flexibility index (Phi) is 3.83. The van der Waals surface area contributed by atoms with E-state index in [4.69, 9.17) is 21.6 Å². The number of benzene rings is 1. The molecule has 1 aromatic carbocycles. The van der Waals surface area contributed by atoms with Crippen molar-refractivity contribution in [3.63, 3.8) is 0 Å². The Morgan fingerprint density at radius 3 is 2.56 bits per heavy atom. The highest BCUT2D eigenvalue weighted by Crippen LogP contribution is 2.32. The van der Waals surface area contributed by atoms with Crippen LogP contribution in [0.5, 0.6) is 5.75 Å². The molecule has 1 rings (SSSR count). The third-order valence-corrected chi connectivity index (χ3v) is 2.67. The third kappa shape index (κ3) is 2.90. The topological polar surface area (TPSA) is 33.0 Å². The van der Waals surface area contributed by atoms with Gasteiger partial charge in [-0.3, -0.25) is 0 Å². The Bertz CT molecular complexity index is 432. The molecule has 2 nitrogen and oxygen atoms in total. The summed E-state index contributed by atoms with van der Waals surface area (Å²) < 4.78 is 5.35. The van der Waals surface area contributed by atoms with Gasteiger partial charge in [-0.2, -0.15) is 5.26 Å². The maximum atomic E-state index is 9.03. The highest BCUT2D eigenvalue weighted by molar-refractivity contribution is 6.30. The second-order valence-corrected chi connectivity index (χ2v) is 5.02. The molecule has 0 spiro atoms. The fraction of sp³-hybridized carbons (Fsp3) is 0.462. The first-order chi connectivity index (χ1) is 7.39. The first kappa shape index (κ1) is 12.9. The molecule has 0 saturated carbocycles. The maximum Gasteiger partial charge on any atom is 0.125 e. The van der Waals surface area contributed by atoms with Crippen LogP contribution in [-0.2, 0) is 6.42 Å². The lowest BCUT2D eigenvalue weighted by Gasteiger charge is -2.18. The van der Waals surface area contributed by atoms with Crippen LogP contribution in [-0.4, -0.2) is 7.11 Å². The lowest BCUT2D eigenvalue weighted by atomic mass is 9.86. The van der Waals surface area contributed by atoms with Crippen molar-refractivity contribution >= 4 is 11.6 Å². The summed E-state index contributed by atoms with van der Waals surface area (Å²) in [6, 6.07) is 6.01. The molecule has 0 aliphatic carbocycles. The average molecular weight is 238 g/mol. The predicted octanol–water partition coefficient (Wildman–Crippen LogP) is 3.75. The van der Waals surface area contributed by atoms with E-state index in [-0.39, 0.29) is 0 Å². The molecule has 0 amide bonds. The average Bonchev–Trinajstić information content (AvgIpc) is 2.16. The van der Waals surface area contributed by atoms with E-state index >= 15 is 0 Å². The minimum atomic E-state index is -0.412. The summed E-state index contributed by atoms with van der Waals surface area (Å²) in [5.74, 6) is 0.827. The number of methoxy groups -OCH3 is 1. The molecular weight excluding hydrogens is 222 g/mol. The van der Waals surface area contributed by atoms with Crippen molar-refractivity contribution in [2.45, 2.75) is 27.2 Å². The zero-order valence-corrected chi connectivity index (χ0v) is 10.9. The van der Waals surface area contributed by atoms with Gasteiger partial charge in [-0.05, 0) is 50.5 Å². The molecule has 0 saturated heterocycles. The fourth-order valence-corrected chi connectivity index (χ4v) is 2.03. The quantitative estimate of drug-likeness (QED) is 0.802. The van der Waals surface area contributed by atoms with Crippen molar-refractivity contribution in [1.82, 2.24) is 0 Å². The van der Waals surface area contributed by atoms with Crippen LogP contribution in [0.3, 0.4) is 0 Å². The number of aryl methyl sites for hydroxylation is 1. The Hall–Kier alpha value is -1.20. The summed E-state index contributed by atoms with van der Waals surface area (Å²) in [4.78, 5) is 0. The third-order valence-electron chi connectivity index (χ3n) is 2.46. The van der Waals surface area contributed by atoms with E-state index < -0.39 is 5.41 Å². The molecule has 0 atom stereocenters. The Morgan fingerprint density at radius 2 is 2.06 bits per heavy atom. The fourth-order valence-electron chi connectivity index (χ4n) is 1.74. The molecule has 16 heavy (non-hydrogen) atoms. The van der Waals surface area contributed by atoms with Gasteiger partial charge < -0.3 is 4.74 Å². The summed E-state index contributed by atoms with van der Waals surface area (Å²) in [6.45, 7) is 5.76. The summed E-state index contributed by atoms with van der Waals surface area (Å²) in [6.07, 6.45) is 0.633. The predicted molar refractivity (Wildman–Crippen MR) is 65.8 cm³/mol. The lowest BCUT2D eigenvalue weighted by molar-refractivity contribution is 0.396. The minimum Gasteiger partial charge on any atom is -0.496 e. The first-order valence-electron chi connectivity index (χ1n) is 5.14. The molecule has 0 aliphatic rings. The van der Waals surface area contributed by atoms with Crippen molar-refractivity contribution in [1.29, 1.82) is 5.26 Å². The van der Waals surface area contributed by atoms with E-state index in [1.807, 2.05) is 32.9 Å². The molecule has 0 aliphatic heterocycles. The van der Waals surface area contributed by atoms with E-state index in [1.165, 1.54) is 0 Å². The highest BCUT2D eigenvalue weighted by atomic mass is 35.5. The molecule has 0 N–H and O–H groups in total. The normalized spacial score (nSPS) is 11.0. The molecule has 0 heterocycles. The zero-order valence-electron chi connectivity index (χ0n) is 10.1. The molecule has 0 unspecified atom stereocenters. The SMILES string of the molecule is COc1c(C)cc(Cl)cc1CC(C)(C)C#N. The molecule has 0 radical (unpaired) electrons. The number of nitriles is 1. The van der Waals surface area contributed by atoms with Crippen LogP contribution < -0.4 is 4.74 Å². The lowest BCUT2D eigenvalue weighted by Crippen LogP contribution is -2.13. The number of hydrogen-bond donors (Lipinski definition) is 0. The van der Waals surface area contributed by atoms with Gasteiger partial charge in [0.25, 0.3) is 0 Å². The van der Waals surface area contributed by atoms with Gasteiger partial charge in [-0.15, -0.1) is 0 Å². The van der Waals surface area contributed by atoms with Crippen LogP contribution in [0.2, 0.25) is 5.02 Å². The summed E-state index contributed by atoms with van der Waals surface area (Å²) in [5.41, 5.74) is 1.57. The van der Waals surface area contributed by atoms with Crippen LogP contribution in [0.25, 0.3) is 0 Å². The summed E-state index contributed by atoms with van der Waals surface area (Å²) in [5, 5.41) is 9.72. The molecule has 0 bridgehead atoms. The van der Waals surface area contributed by atoms with Gasteiger partial charge in [0.1, 0.15) is 5.75 Å². The number of ether oxygens (including phenoxy) is 1. The maximum absolute atomic E-state index is 9.03. The minimum absolute atomic E-state index is 0.412. The second-order valence-electron chi connectivity index (χ2n) is 4.59. The monoisotopic (exact) mass is 237 g/mol. The molecule has 1 aromatic rings. The van der Waals surface area contributed by atoms with Gasteiger partial charge in [0.2, 0.25) is 0 Å². The van der Waals surface area contributed by atoms with E-state index in [2.05, 4.69) is 6.07 Å². The van der Waals surface area contributed by atoms with E-state index in [0.29, 0.717) is 11.4 Å². The molecule has 86 valence electrons. The van der Waals surface area contributed by atoms with Gasteiger partial charge in [-0.25, -0.2) is 0 Å². The molecule has 0 fully saturated rings. The number of hydrogen-bond acceptors (Lipinski definition) is 2. The smallest absolute Gasteiger partial charge is 0.125 e. The van der Waals surface area contributed by atoms with Crippen molar-refractivity contribution in [3.8, 4) is 11.8 Å². The van der Waals surface area contributed by atoms with Gasteiger partial charge in [0.15, 0.2) is 0 Å². The van der Waals surface area contributed by atoms with E-state index in [9.17, 15) is 0 Å². The zero-order chi connectivity index (χ0) is 12.3. The van der Waals surface area contributed by atoms with E-state index in [0.717, 1.165) is 16.9 Å². The molecular formula is C13H16ClNO. The van der Waals surface area contributed by atoms with Crippen molar-refractivity contribution in [3.05, 3.63) is 28.3 Å². The Labute approximate surface area is 102 Å². The number of nitrogens with zero attached hydrogens (tertiary/aromatic N) is 1. The first-order valence-corrected chi connectivity index (χ1v) is 5.51. The van der Waals surface area contributed by atoms with Crippen LogP contribution >= 0.6 is 11.6 Å². The van der Waals surface area contributed by atoms with Crippen molar-refractivity contribution < 1.29 is 4.74 Å². The van der Waals surface area contributed by atoms with Gasteiger partial charge in [0.05, 0.1) is 18.6 Å². The van der Waals surface area contributed by atoms with Crippen LogP contribution in [0.4, 0.5) is 0 Å². The van der Waals surface area contributed by atoms with Crippen LogP contribution in [0, 0.1) is 23.7 Å². The van der Waals surface area contributed by atoms with Crippen molar-refractivity contribution in [2.24, 2.45) is 5.41 Å². The Balaban J connectivity index is 3.18. The van der Waals surface area contributed by atoms with Crippen LogP contribution in [0.1, 0.15) is 25.0 Å². The van der Waals surface area contributed by atoms with Crippen molar-refractivity contribution in [2.75, 3.05) is 7.11 Å². The highest BCUT2D eigenvalue weighted by Gasteiger charge is 2.20. The largest absolute Gasteiger partial charge is 0.496 e. The molecule has 0 aromatic heterocycles.